The highest BCUT2D eigenvalue weighted by Gasteiger charge is 2.55. The molecule has 2 aromatic rings. The van der Waals surface area contributed by atoms with Crippen molar-refractivity contribution in [3.63, 3.8) is 0 Å². The van der Waals surface area contributed by atoms with E-state index in [4.69, 9.17) is 44.3 Å². The van der Waals surface area contributed by atoms with E-state index in [0.29, 0.717) is 5.56 Å². The number of carbonyl (C=O) groups is 2. The highest BCUT2D eigenvalue weighted by Crippen LogP contribution is 2.45. The molecule has 0 spiro atoms. The lowest BCUT2D eigenvalue weighted by Crippen LogP contribution is -2.56. The largest absolute Gasteiger partial charge is 0.465 e. The maximum atomic E-state index is 11.8. The van der Waals surface area contributed by atoms with Crippen molar-refractivity contribution in [2.45, 2.75) is 36.9 Å². The first-order chi connectivity index (χ1) is 13.5. The number of nitrogens with zero attached hydrogens (tertiary/aromatic N) is 3. The topological polar surface area (TPSA) is 92.5 Å². The molecule has 29 heavy (non-hydrogen) atoms. The summed E-state index contributed by atoms with van der Waals surface area (Å²) in [4.78, 5) is 26.4. The van der Waals surface area contributed by atoms with Crippen LogP contribution >= 0.6 is 34.8 Å². The minimum absolute atomic E-state index is 0.261. The highest BCUT2D eigenvalue weighted by molar-refractivity contribution is 6.44. The van der Waals surface area contributed by atoms with Gasteiger partial charge in [-0.3, -0.25) is 4.79 Å². The Hall–Kier alpha value is -2.03. The van der Waals surface area contributed by atoms with Gasteiger partial charge in [0.1, 0.15) is 23.2 Å². The molecule has 0 bridgehead atoms. The Kier molecular flexibility index (Phi) is 7.37. The van der Waals surface area contributed by atoms with Gasteiger partial charge >= 0.3 is 17.1 Å². The fraction of sp³-hybridized carbons (Fsp3) is 0.444. The molecule has 0 aliphatic rings. The van der Waals surface area contributed by atoms with Crippen molar-refractivity contribution < 1.29 is 23.8 Å². The van der Waals surface area contributed by atoms with E-state index in [1.165, 1.54) is 55.6 Å². The Morgan fingerprint density at radius 2 is 1.79 bits per heavy atom. The zero-order chi connectivity index (χ0) is 21.8. The lowest BCUT2D eigenvalue weighted by molar-refractivity contribution is -0.174. The molecule has 0 aliphatic heterocycles. The third kappa shape index (κ3) is 5.12. The van der Waals surface area contributed by atoms with Crippen LogP contribution in [0.4, 0.5) is 0 Å². The molecule has 0 radical (unpaired) electrons. The lowest BCUT2D eigenvalue weighted by atomic mass is 9.86. The molecular formula is C18H20Cl3N3O5. The van der Waals surface area contributed by atoms with Gasteiger partial charge in [0.2, 0.25) is 0 Å². The zero-order valence-electron chi connectivity index (χ0n) is 16.1. The number of benzene rings is 1. The highest BCUT2D eigenvalue weighted by atomic mass is 35.5. The van der Waals surface area contributed by atoms with E-state index < -0.39 is 33.5 Å². The zero-order valence-corrected chi connectivity index (χ0v) is 18.4. The van der Waals surface area contributed by atoms with Crippen LogP contribution in [0.2, 0.25) is 0 Å². The SMILES string of the molecule is COC(=O)c1ccc(OC(Cl)(C(OC(C)=O)C(C)(C)C(Cl)Cl)n2cncn2)cc1. The molecule has 11 heteroatoms. The first kappa shape index (κ1) is 23.3. The van der Waals surface area contributed by atoms with Crippen LogP contribution in [-0.4, -0.2) is 44.8 Å². The van der Waals surface area contributed by atoms with Gasteiger partial charge in [0.25, 0.3) is 0 Å². The van der Waals surface area contributed by atoms with Crippen LogP contribution in [-0.2, 0) is 19.5 Å². The molecule has 158 valence electrons. The van der Waals surface area contributed by atoms with Crippen molar-refractivity contribution in [3.05, 3.63) is 42.5 Å². The van der Waals surface area contributed by atoms with E-state index in [1.807, 2.05) is 0 Å². The van der Waals surface area contributed by atoms with Crippen LogP contribution < -0.4 is 4.74 Å². The molecule has 0 amide bonds. The third-order valence-electron chi connectivity index (χ3n) is 4.11. The van der Waals surface area contributed by atoms with E-state index in [0.717, 1.165) is 0 Å². The number of carbonyl (C=O) groups excluding carboxylic acids is 2. The average molecular weight is 465 g/mol. The second kappa shape index (κ2) is 9.19. The summed E-state index contributed by atoms with van der Waals surface area (Å²) in [6.07, 6.45) is 1.37. The van der Waals surface area contributed by atoms with Crippen LogP contribution in [0.3, 0.4) is 0 Å². The average Bonchev–Trinajstić information content (AvgIpc) is 3.21. The van der Waals surface area contributed by atoms with Crippen molar-refractivity contribution in [2.24, 2.45) is 5.41 Å². The Balaban J connectivity index is 2.52. The number of halogens is 3. The molecule has 2 atom stereocenters. The number of methoxy groups -OCH3 is 1. The summed E-state index contributed by atoms with van der Waals surface area (Å²) in [6, 6.07) is 6.02. The van der Waals surface area contributed by atoms with Gasteiger partial charge in [0.05, 0.1) is 12.7 Å². The van der Waals surface area contributed by atoms with Crippen molar-refractivity contribution in [3.8, 4) is 5.75 Å². The Labute approximate surface area is 183 Å². The predicted octanol–water partition coefficient (Wildman–Crippen LogP) is 3.75. The maximum absolute atomic E-state index is 11.8. The Morgan fingerprint density at radius 1 is 1.17 bits per heavy atom. The van der Waals surface area contributed by atoms with Crippen LogP contribution in [0.5, 0.6) is 5.75 Å². The van der Waals surface area contributed by atoms with Crippen molar-refractivity contribution in [1.29, 1.82) is 0 Å². The molecule has 0 aliphatic carbocycles. The summed E-state index contributed by atoms with van der Waals surface area (Å²) in [5.74, 6) is -0.861. The van der Waals surface area contributed by atoms with E-state index in [2.05, 4.69) is 14.8 Å². The Bertz CT molecular complexity index is 843. The lowest BCUT2D eigenvalue weighted by Gasteiger charge is -2.43. The van der Waals surface area contributed by atoms with Crippen molar-refractivity contribution >= 4 is 46.7 Å². The van der Waals surface area contributed by atoms with Gasteiger partial charge in [0, 0.05) is 12.3 Å². The summed E-state index contributed by atoms with van der Waals surface area (Å²) in [6.45, 7) is 4.57. The fourth-order valence-electron chi connectivity index (χ4n) is 2.49. The van der Waals surface area contributed by atoms with Gasteiger partial charge in [-0.25, -0.2) is 9.78 Å². The summed E-state index contributed by atoms with van der Waals surface area (Å²) in [7, 11) is 1.28. The first-order valence-corrected chi connectivity index (χ1v) is 9.64. The minimum Gasteiger partial charge on any atom is -0.465 e. The molecule has 0 fully saturated rings. The molecule has 0 N–H and O–H groups in total. The van der Waals surface area contributed by atoms with Crippen LogP contribution in [0.15, 0.2) is 36.9 Å². The summed E-state index contributed by atoms with van der Waals surface area (Å²) >= 11 is 19.2. The third-order valence-corrected chi connectivity index (χ3v) is 5.69. The predicted molar refractivity (Wildman–Crippen MR) is 107 cm³/mol. The molecule has 1 heterocycles. The molecule has 2 unspecified atom stereocenters. The van der Waals surface area contributed by atoms with Gasteiger partial charge < -0.3 is 14.2 Å². The summed E-state index contributed by atoms with van der Waals surface area (Å²) in [5.41, 5.74) is -0.742. The molecule has 0 saturated heterocycles. The van der Waals surface area contributed by atoms with Gasteiger partial charge in [-0.15, -0.1) is 23.2 Å². The maximum Gasteiger partial charge on any atom is 0.337 e. The number of aromatic nitrogens is 3. The summed E-state index contributed by atoms with van der Waals surface area (Å²) < 4.78 is 17.3. The fourth-order valence-corrected chi connectivity index (χ4v) is 3.22. The molecule has 1 aromatic heterocycles. The second-order valence-corrected chi connectivity index (χ2v) is 8.32. The molecule has 8 nitrogen and oxygen atoms in total. The molecular weight excluding hydrogens is 445 g/mol. The van der Waals surface area contributed by atoms with Gasteiger partial charge in [0.15, 0.2) is 6.10 Å². The van der Waals surface area contributed by atoms with E-state index in [1.54, 1.807) is 13.8 Å². The number of alkyl halides is 3. The molecule has 1 aromatic carbocycles. The molecule has 2 rings (SSSR count). The van der Waals surface area contributed by atoms with Gasteiger partial charge in [-0.05, 0) is 35.9 Å². The monoisotopic (exact) mass is 463 g/mol. The second-order valence-electron chi connectivity index (χ2n) is 6.68. The van der Waals surface area contributed by atoms with E-state index in [-0.39, 0.29) is 5.75 Å². The number of hydrogen-bond donors (Lipinski definition) is 0. The number of esters is 2. The number of hydrogen-bond acceptors (Lipinski definition) is 7. The van der Waals surface area contributed by atoms with E-state index >= 15 is 0 Å². The van der Waals surface area contributed by atoms with Crippen LogP contribution in [0, 0.1) is 5.41 Å². The van der Waals surface area contributed by atoms with Crippen LogP contribution in [0.25, 0.3) is 0 Å². The smallest absolute Gasteiger partial charge is 0.337 e. The minimum atomic E-state index is -1.89. The molecule has 0 saturated carbocycles. The summed E-state index contributed by atoms with van der Waals surface area (Å²) in [5, 5.41) is 2.15. The van der Waals surface area contributed by atoms with Gasteiger partial charge in [-0.2, -0.15) is 9.78 Å². The van der Waals surface area contributed by atoms with Crippen LogP contribution in [0.1, 0.15) is 31.1 Å². The number of ether oxygens (including phenoxy) is 3. The van der Waals surface area contributed by atoms with E-state index in [9.17, 15) is 9.59 Å². The number of rotatable bonds is 8. The normalized spacial score (nSPS) is 14.8. The van der Waals surface area contributed by atoms with Crippen molar-refractivity contribution in [1.82, 2.24) is 14.8 Å². The quantitative estimate of drug-likeness (QED) is 0.434. The Morgan fingerprint density at radius 3 is 2.24 bits per heavy atom. The standard InChI is InChI=1S/C18H20Cl3N3O5/c1-11(25)28-15(17(2,3)16(19)20)18(21,24-10-22-9-23-24)29-13-7-5-12(6-8-13)14(26)27-4/h5-10,15-16H,1-4H3. The first-order valence-electron chi connectivity index (χ1n) is 8.39. The van der Waals surface area contributed by atoms with Gasteiger partial charge in [-0.1, -0.05) is 13.8 Å². The van der Waals surface area contributed by atoms with Crippen molar-refractivity contribution in [2.75, 3.05) is 7.11 Å².